The van der Waals surface area contributed by atoms with Gasteiger partial charge in [0, 0.05) is 29.9 Å². The first-order valence-corrected chi connectivity index (χ1v) is 12.3. The molecule has 0 unspecified atom stereocenters. The number of carboxylic acids is 1. The Morgan fingerprint density at radius 1 is 1.23 bits per heavy atom. The average Bonchev–Trinajstić information content (AvgIpc) is 3.60. The fourth-order valence-corrected chi connectivity index (χ4v) is 4.60. The van der Waals surface area contributed by atoms with E-state index in [1.165, 1.54) is 6.07 Å². The molecule has 1 aromatic carbocycles. The maximum atomic E-state index is 13.0. The lowest BCUT2D eigenvalue weighted by atomic mass is 9.96. The summed E-state index contributed by atoms with van der Waals surface area (Å²) in [6.45, 7) is 2.60. The summed E-state index contributed by atoms with van der Waals surface area (Å²) in [4.78, 5) is 38.8. The van der Waals surface area contributed by atoms with Gasteiger partial charge in [0.2, 0.25) is 5.76 Å². The topological polar surface area (TPSA) is 171 Å². The molecule has 3 aromatic heterocycles. The number of furan rings is 1. The van der Waals surface area contributed by atoms with Crippen molar-refractivity contribution in [1.29, 1.82) is 0 Å². The molecule has 12 heteroatoms. The second-order valence-corrected chi connectivity index (χ2v) is 9.01. The van der Waals surface area contributed by atoms with Crippen molar-refractivity contribution in [3.05, 3.63) is 66.0 Å². The van der Waals surface area contributed by atoms with E-state index in [9.17, 15) is 9.59 Å². The molecule has 4 aromatic rings. The molecular formula is C27H29N5O7. The number of amides is 1. The third-order valence-electron chi connectivity index (χ3n) is 6.60. The van der Waals surface area contributed by atoms with Gasteiger partial charge < -0.3 is 24.7 Å². The monoisotopic (exact) mass is 535 g/mol. The minimum atomic E-state index is -1.06. The van der Waals surface area contributed by atoms with Crippen molar-refractivity contribution in [3.63, 3.8) is 0 Å². The highest BCUT2D eigenvalue weighted by Crippen LogP contribution is 2.31. The Labute approximate surface area is 223 Å². The van der Waals surface area contributed by atoms with Crippen LogP contribution in [0.3, 0.4) is 0 Å². The summed E-state index contributed by atoms with van der Waals surface area (Å²) >= 11 is 0. The van der Waals surface area contributed by atoms with Gasteiger partial charge in [0.1, 0.15) is 11.5 Å². The van der Waals surface area contributed by atoms with Crippen LogP contribution in [-0.4, -0.2) is 75.4 Å². The van der Waals surface area contributed by atoms with Crippen molar-refractivity contribution in [2.75, 3.05) is 26.7 Å². The Morgan fingerprint density at radius 2 is 2.00 bits per heavy atom. The van der Waals surface area contributed by atoms with Gasteiger partial charge in [0.15, 0.2) is 5.69 Å². The number of benzene rings is 1. The van der Waals surface area contributed by atoms with Gasteiger partial charge in [0.05, 0.1) is 19.2 Å². The second kappa shape index (κ2) is 12.7. The summed E-state index contributed by atoms with van der Waals surface area (Å²) in [7, 11) is 1.62. The van der Waals surface area contributed by atoms with Gasteiger partial charge in [-0.25, -0.2) is 4.79 Å². The van der Waals surface area contributed by atoms with Gasteiger partial charge in [-0.2, -0.15) is 5.10 Å². The van der Waals surface area contributed by atoms with E-state index in [0.29, 0.717) is 36.2 Å². The number of carbonyl (C=O) groups is 3. The van der Waals surface area contributed by atoms with E-state index in [0.717, 1.165) is 48.0 Å². The second-order valence-electron chi connectivity index (χ2n) is 9.01. The predicted molar refractivity (Wildman–Crippen MR) is 141 cm³/mol. The number of carboxylic acid groups (broad SMARTS) is 2. The Morgan fingerprint density at radius 3 is 2.69 bits per heavy atom. The highest BCUT2D eigenvalue weighted by atomic mass is 16.5. The lowest BCUT2D eigenvalue weighted by molar-refractivity contribution is -0.122. The molecule has 5 rings (SSSR count). The number of ether oxygens (including phenoxy) is 1. The first kappa shape index (κ1) is 27.3. The van der Waals surface area contributed by atoms with Crippen molar-refractivity contribution >= 4 is 29.3 Å². The van der Waals surface area contributed by atoms with Crippen LogP contribution < -0.4 is 10.1 Å². The third-order valence-corrected chi connectivity index (χ3v) is 6.60. The number of nitrogens with zero attached hydrogens (tertiary/aromatic N) is 3. The zero-order valence-corrected chi connectivity index (χ0v) is 21.3. The Balaban J connectivity index is 0.00000112. The van der Waals surface area contributed by atoms with Gasteiger partial charge in [0.25, 0.3) is 12.4 Å². The van der Waals surface area contributed by atoms with Crippen LogP contribution >= 0.6 is 0 Å². The summed E-state index contributed by atoms with van der Waals surface area (Å²) in [6.07, 6.45) is 5.27. The van der Waals surface area contributed by atoms with Crippen LogP contribution in [0.1, 0.15) is 39.6 Å². The highest BCUT2D eigenvalue weighted by Gasteiger charge is 2.22. The minimum absolute atomic E-state index is 0.0415. The molecule has 0 saturated carbocycles. The van der Waals surface area contributed by atoms with E-state index in [4.69, 9.17) is 24.2 Å². The molecule has 1 amide bonds. The normalized spacial score (nSPS) is 13.9. The van der Waals surface area contributed by atoms with Crippen molar-refractivity contribution < 1.29 is 33.8 Å². The average molecular weight is 536 g/mol. The molecule has 39 heavy (non-hydrogen) atoms. The number of rotatable bonds is 8. The molecule has 4 N–H and O–H groups in total. The van der Waals surface area contributed by atoms with Gasteiger partial charge in [-0.05, 0) is 67.7 Å². The van der Waals surface area contributed by atoms with Crippen LogP contribution in [-0.2, 0) is 11.3 Å². The van der Waals surface area contributed by atoms with Crippen LogP contribution in [0.5, 0.6) is 5.75 Å². The summed E-state index contributed by atoms with van der Waals surface area (Å²) in [5, 5.41) is 26.9. The zero-order chi connectivity index (χ0) is 27.8. The quantitative estimate of drug-likeness (QED) is 0.245. The molecule has 4 heterocycles. The van der Waals surface area contributed by atoms with Crippen LogP contribution in [0.25, 0.3) is 22.0 Å². The lowest BCUT2D eigenvalue weighted by Crippen LogP contribution is -2.38. The first-order valence-electron chi connectivity index (χ1n) is 12.3. The number of aromatic nitrogens is 3. The van der Waals surface area contributed by atoms with E-state index in [-0.39, 0.29) is 18.1 Å². The van der Waals surface area contributed by atoms with Crippen molar-refractivity contribution in [2.24, 2.45) is 5.92 Å². The molecule has 0 bridgehead atoms. The zero-order valence-electron chi connectivity index (χ0n) is 21.3. The van der Waals surface area contributed by atoms with E-state index < -0.39 is 5.97 Å². The lowest BCUT2D eigenvalue weighted by Gasteiger charge is -2.31. The predicted octanol–water partition coefficient (Wildman–Crippen LogP) is 3.27. The molecule has 0 aliphatic carbocycles. The molecule has 1 aliphatic heterocycles. The first-order chi connectivity index (χ1) is 18.9. The number of carbonyl (C=O) groups excluding carboxylic acids is 1. The van der Waals surface area contributed by atoms with Crippen molar-refractivity contribution in [3.8, 4) is 16.9 Å². The number of aromatic amines is 1. The molecule has 204 valence electrons. The van der Waals surface area contributed by atoms with Crippen molar-refractivity contribution in [1.82, 2.24) is 25.4 Å². The van der Waals surface area contributed by atoms with Crippen molar-refractivity contribution in [2.45, 2.75) is 19.4 Å². The number of likely N-dealkylation sites (tertiary alicyclic amines) is 1. The van der Waals surface area contributed by atoms with E-state index >= 15 is 0 Å². The van der Waals surface area contributed by atoms with Crippen LogP contribution in [0, 0.1) is 5.92 Å². The number of pyridine rings is 1. The van der Waals surface area contributed by atoms with E-state index in [1.54, 1.807) is 31.6 Å². The number of hydrogen-bond donors (Lipinski definition) is 4. The van der Waals surface area contributed by atoms with Crippen LogP contribution in [0.2, 0.25) is 0 Å². The SMILES string of the molecule is COc1ccncc1-c1ccc2[nH]nc(C(=O)NCC3CCN(Cc4ccc(C(=O)O)o4)CC3)c2c1.O=CO. The molecule has 12 nitrogen and oxygen atoms in total. The molecule has 0 radical (unpaired) electrons. The smallest absolute Gasteiger partial charge is 0.371 e. The van der Waals surface area contributed by atoms with Gasteiger partial charge in [-0.3, -0.25) is 24.6 Å². The maximum absolute atomic E-state index is 13.0. The molecule has 0 spiro atoms. The van der Waals surface area contributed by atoms with Gasteiger partial charge in [-0.1, -0.05) is 6.07 Å². The number of methoxy groups -OCH3 is 1. The van der Waals surface area contributed by atoms with E-state index in [2.05, 4.69) is 25.4 Å². The number of H-pyrrole nitrogens is 1. The molecule has 1 saturated heterocycles. The Bertz CT molecular complexity index is 1440. The molecule has 0 atom stereocenters. The van der Waals surface area contributed by atoms with Crippen LogP contribution in [0.4, 0.5) is 0 Å². The number of fused-ring (bicyclic) bond motifs is 1. The molecule has 1 fully saturated rings. The minimum Gasteiger partial charge on any atom is -0.496 e. The summed E-state index contributed by atoms with van der Waals surface area (Å²) in [6, 6.07) is 10.8. The molecular weight excluding hydrogens is 506 g/mol. The molecule has 1 aliphatic rings. The Kier molecular flexibility index (Phi) is 8.90. The third kappa shape index (κ3) is 6.60. The summed E-state index contributed by atoms with van der Waals surface area (Å²) < 4.78 is 10.8. The fourth-order valence-electron chi connectivity index (χ4n) is 4.60. The maximum Gasteiger partial charge on any atom is 0.371 e. The number of piperidine rings is 1. The van der Waals surface area contributed by atoms with Crippen LogP contribution in [0.15, 0.2) is 53.2 Å². The standard InChI is InChI=1S/C26H27N5O5.CH2O2/c1-35-22-6-9-27-14-20(22)17-2-4-21-19(12-17)24(30-29-21)25(32)28-13-16-7-10-31(11-8-16)15-18-3-5-23(36-18)26(33)34;2-1-3/h2-6,9,12,14,16H,7-8,10-11,13,15H2,1H3,(H,28,32)(H,29,30)(H,33,34);1H,(H,2,3). The van der Waals surface area contributed by atoms with E-state index in [1.807, 2.05) is 18.2 Å². The largest absolute Gasteiger partial charge is 0.496 e. The number of aromatic carboxylic acids is 1. The van der Waals surface area contributed by atoms with Gasteiger partial charge in [-0.15, -0.1) is 0 Å². The number of hydrogen-bond acceptors (Lipinski definition) is 8. The fraction of sp³-hybridized carbons (Fsp3) is 0.296. The Hall–Kier alpha value is -4.71. The van der Waals surface area contributed by atoms with Gasteiger partial charge >= 0.3 is 5.97 Å². The highest BCUT2D eigenvalue weighted by molar-refractivity contribution is 6.05. The summed E-state index contributed by atoms with van der Waals surface area (Å²) in [5.41, 5.74) is 2.88. The summed E-state index contributed by atoms with van der Waals surface area (Å²) in [5.74, 6) is 0.397. The number of nitrogens with one attached hydrogen (secondary N) is 2.